The number of nitrogens with one attached hydrogen (secondary N) is 1. The summed E-state index contributed by atoms with van der Waals surface area (Å²) in [4.78, 5) is 20.1. The second kappa shape index (κ2) is 11.3. The van der Waals surface area contributed by atoms with Gasteiger partial charge in [-0.2, -0.15) is 0 Å². The zero-order valence-corrected chi connectivity index (χ0v) is 19.7. The van der Waals surface area contributed by atoms with Gasteiger partial charge in [0.2, 0.25) is 0 Å². The fourth-order valence-corrected chi connectivity index (χ4v) is 4.02. The molecule has 0 fully saturated rings. The van der Waals surface area contributed by atoms with Crippen molar-refractivity contribution in [1.29, 1.82) is 0 Å². The molecule has 0 aliphatic carbocycles. The second-order valence-corrected chi connectivity index (χ2v) is 7.22. The number of aromatic nitrogens is 3. The largest absolute Gasteiger partial charge is 0.465 e. The van der Waals surface area contributed by atoms with E-state index in [0.29, 0.717) is 11.5 Å². The zero-order chi connectivity index (χ0) is 23.0. The average molecular weight is 422 g/mol. The minimum atomic E-state index is -0.327. The lowest BCUT2D eigenvalue weighted by molar-refractivity contribution is 0.0601. The molecular weight excluding hydrogens is 386 g/mol. The number of methoxy groups -OCH3 is 1. The zero-order valence-electron chi connectivity index (χ0n) is 19.7. The molecule has 1 atom stereocenters. The van der Waals surface area contributed by atoms with Crippen LogP contribution in [0.4, 0.5) is 0 Å². The van der Waals surface area contributed by atoms with E-state index in [1.54, 1.807) is 6.08 Å². The molecule has 0 spiro atoms. The second-order valence-electron chi connectivity index (χ2n) is 7.22. The van der Waals surface area contributed by atoms with Gasteiger partial charge in [0, 0.05) is 18.0 Å². The summed E-state index contributed by atoms with van der Waals surface area (Å²) < 4.78 is 7.05. The molecule has 3 rings (SSSR count). The number of hydrogen-bond acceptors (Lipinski definition) is 3. The highest BCUT2D eigenvalue weighted by molar-refractivity contribution is 5.98. The Hall–Kier alpha value is -3.08. The van der Waals surface area contributed by atoms with Crippen molar-refractivity contribution in [3.05, 3.63) is 59.9 Å². The average Bonchev–Trinajstić information content (AvgIpc) is 3.38. The number of H-pyrrole nitrogens is 1. The van der Waals surface area contributed by atoms with E-state index in [1.807, 2.05) is 57.4 Å². The van der Waals surface area contributed by atoms with E-state index in [1.165, 1.54) is 12.7 Å². The Morgan fingerprint density at radius 2 is 2.06 bits per heavy atom. The van der Waals surface area contributed by atoms with Crippen molar-refractivity contribution < 1.29 is 9.53 Å². The lowest BCUT2D eigenvalue weighted by Crippen LogP contribution is -2.02. The van der Waals surface area contributed by atoms with E-state index in [0.717, 1.165) is 47.4 Å². The number of fused-ring (bicyclic) bond motifs is 1. The highest BCUT2D eigenvalue weighted by atomic mass is 16.5. The Balaban J connectivity index is 0.00000166. The number of rotatable bonds is 8. The quantitative estimate of drug-likeness (QED) is 0.319. The van der Waals surface area contributed by atoms with E-state index in [9.17, 15) is 4.79 Å². The highest BCUT2D eigenvalue weighted by Crippen LogP contribution is 2.40. The molecule has 3 aromatic rings. The van der Waals surface area contributed by atoms with Crippen molar-refractivity contribution >= 4 is 22.9 Å². The number of allylic oxidation sites excluding steroid dienone is 2. The van der Waals surface area contributed by atoms with Crippen LogP contribution >= 0.6 is 0 Å². The summed E-state index contributed by atoms with van der Waals surface area (Å²) in [5, 5.41) is 1.16. The number of imidazole rings is 1. The molecule has 1 aromatic carbocycles. The smallest absolute Gasteiger partial charge is 0.337 e. The molecule has 2 aromatic heterocycles. The number of ether oxygens (including phenoxy) is 1. The van der Waals surface area contributed by atoms with Gasteiger partial charge in [-0.15, -0.1) is 0 Å². The van der Waals surface area contributed by atoms with Crippen LogP contribution in [-0.2, 0) is 11.8 Å². The van der Waals surface area contributed by atoms with Gasteiger partial charge in [-0.05, 0) is 42.5 Å². The summed E-state index contributed by atoms with van der Waals surface area (Å²) in [6.07, 6.45) is 10.7. The molecule has 0 saturated heterocycles. The first kappa shape index (κ1) is 24.2. The fraction of sp³-hybridized carbons (Fsp3) is 0.385. The molecule has 0 saturated carbocycles. The molecule has 31 heavy (non-hydrogen) atoms. The molecular formula is C26H35N3O2. The SMILES string of the molecule is C=C/C=C\c1cnc(-c2c(C(CC)CCC)c3ccc(C(=O)OC)cc3n2C)[nH]1.CC. The highest BCUT2D eigenvalue weighted by Gasteiger charge is 2.25. The predicted octanol–water partition coefficient (Wildman–Crippen LogP) is 6.87. The third-order valence-corrected chi connectivity index (χ3v) is 5.43. The molecule has 0 aliphatic rings. The van der Waals surface area contributed by atoms with E-state index >= 15 is 0 Å². The van der Waals surface area contributed by atoms with Gasteiger partial charge in [0.15, 0.2) is 5.82 Å². The standard InChI is InChI=1S/C24H29N3O2.C2H6/c1-6-9-11-18-15-25-23(26-18)22-21(16(8-3)10-7-2)19-13-12-17(24(28)29-5)14-20(19)27(22)4;1-2/h6,9,11-16H,1,7-8,10H2,2-5H3,(H,25,26);1-2H3/b11-9-;. The molecule has 0 radical (unpaired) electrons. The van der Waals surface area contributed by atoms with Crippen LogP contribution in [0.15, 0.2) is 43.1 Å². The molecule has 1 unspecified atom stereocenters. The Kier molecular flexibility index (Phi) is 8.86. The monoisotopic (exact) mass is 421 g/mol. The minimum absolute atomic E-state index is 0.327. The summed E-state index contributed by atoms with van der Waals surface area (Å²) in [7, 11) is 3.44. The Bertz CT molecular complexity index is 1060. The first-order chi connectivity index (χ1) is 15.0. The van der Waals surface area contributed by atoms with Gasteiger partial charge in [0.05, 0.1) is 30.3 Å². The van der Waals surface area contributed by atoms with E-state index < -0.39 is 0 Å². The summed E-state index contributed by atoms with van der Waals surface area (Å²) in [5.74, 6) is 0.920. The fourth-order valence-electron chi connectivity index (χ4n) is 4.02. The van der Waals surface area contributed by atoms with Gasteiger partial charge in [0.25, 0.3) is 0 Å². The van der Waals surface area contributed by atoms with Crippen LogP contribution in [0.1, 0.15) is 74.5 Å². The van der Waals surface area contributed by atoms with Crippen LogP contribution in [0.2, 0.25) is 0 Å². The lowest BCUT2D eigenvalue weighted by atomic mass is 9.89. The first-order valence-electron chi connectivity index (χ1n) is 11.1. The maximum absolute atomic E-state index is 12.1. The van der Waals surface area contributed by atoms with Gasteiger partial charge in [0.1, 0.15) is 0 Å². The number of aromatic amines is 1. The van der Waals surface area contributed by atoms with E-state index in [4.69, 9.17) is 4.74 Å². The predicted molar refractivity (Wildman–Crippen MR) is 130 cm³/mol. The number of esters is 1. The van der Waals surface area contributed by atoms with Gasteiger partial charge in [-0.25, -0.2) is 9.78 Å². The summed E-state index contributed by atoms with van der Waals surface area (Å²) >= 11 is 0. The molecule has 1 N–H and O–H groups in total. The summed E-state index contributed by atoms with van der Waals surface area (Å²) in [6, 6.07) is 5.80. The molecule has 2 heterocycles. The Morgan fingerprint density at radius 3 is 2.68 bits per heavy atom. The van der Waals surface area contributed by atoms with Gasteiger partial charge in [-0.1, -0.05) is 58.9 Å². The van der Waals surface area contributed by atoms with Gasteiger partial charge >= 0.3 is 5.97 Å². The van der Waals surface area contributed by atoms with Crippen molar-refractivity contribution in [2.45, 2.75) is 52.9 Å². The summed E-state index contributed by atoms with van der Waals surface area (Å²) in [6.45, 7) is 12.2. The third-order valence-electron chi connectivity index (χ3n) is 5.43. The molecule has 166 valence electrons. The van der Waals surface area contributed by atoms with Gasteiger partial charge in [-0.3, -0.25) is 0 Å². The first-order valence-corrected chi connectivity index (χ1v) is 11.1. The number of benzene rings is 1. The van der Waals surface area contributed by atoms with Crippen LogP contribution < -0.4 is 0 Å². The Labute approximate surface area is 185 Å². The Morgan fingerprint density at radius 1 is 1.32 bits per heavy atom. The van der Waals surface area contributed by atoms with Crippen molar-refractivity contribution in [2.24, 2.45) is 7.05 Å². The maximum Gasteiger partial charge on any atom is 0.337 e. The van der Waals surface area contributed by atoms with Crippen LogP contribution in [0, 0.1) is 0 Å². The molecule has 5 heteroatoms. The van der Waals surface area contributed by atoms with Crippen LogP contribution in [0.3, 0.4) is 0 Å². The molecule has 0 aliphatic heterocycles. The number of aryl methyl sites for hydroxylation is 1. The third kappa shape index (κ3) is 4.98. The topological polar surface area (TPSA) is 59.9 Å². The van der Waals surface area contributed by atoms with Gasteiger partial charge < -0.3 is 14.3 Å². The van der Waals surface area contributed by atoms with Crippen molar-refractivity contribution in [1.82, 2.24) is 14.5 Å². The van der Waals surface area contributed by atoms with Crippen molar-refractivity contribution in [3.63, 3.8) is 0 Å². The maximum atomic E-state index is 12.1. The molecule has 0 bridgehead atoms. The number of nitrogens with zero attached hydrogens (tertiary/aromatic N) is 2. The van der Waals surface area contributed by atoms with Crippen LogP contribution in [-0.4, -0.2) is 27.6 Å². The van der Waals surface area contributed by atoms with Crippen LogP contribution in [0.5, 0.6) is 0 Å². The van der Waals surface area contributed by atoms with Crippen molar-refractivity contribution in [2.75, 3.05) is 7.11 Å². The number of carbonyl (C=O) groups excluding carboxylic acids is 1. The van der Waals surface area contributed by atoms with E-state index in [2.05, 4.69) is 35.0 Å². The van der Waals surface area contributed by atoms with Crippen LogP contribution in [0.25, 0.3) is 28.5 Å². The number of carbonyl (C=O) groups is 1. The summed E-state index contributed by atoms with van der Waals surface area (Å²) in [5.41, 5.74) is 4.84. The molecule has 0 amide bonds. The minimum Gasteiger partial charge on any atom is -0.465 e. The normalized spacial score (nSPS) is 11.9. The lowest BCUT2D eigenvalue weighted by Gasteiger charge is -2.16. The number of hydrogen-bond donors (Lipinski definition) is 1. The molecule has 5 nitrogen and oxygen atoms in total. The van der Waals surface area contributed by atoms with E-state index in [-0.39, 0.29) is 5.97 Å². The van der Waals surface area contributed by atoms with Crippen molar-refractivity contribution in [3.8, 4) is 11.5 Å².